The first kappa shape index (κ1) is 22.6. The molecule has 3 aromatic rings. The van der Waals surface area contributed by atoms with E-state index in [1.165, 1.54) is 6.07 Å². The zero-order valence-corrected chi connectivity index (χ0v) is 19.4. The first-order chi connectivity index (χ1) is 16.5. The van der Waals surface area contributed by atoms with Gasteiger partial charge in [0.2, 0.25) is 16.8 Å². The van der Waals surface area contributed by atoms with E-state index in [4.69, 9.17) is 9.47 Å². The third kappa shape index (κ3) is 4.72. The zero-order valence-electron chi connectivity index (χ0n) is 18.6. The highest BCUT2D eigenvalue weighted by molar-refractivity contribution is 7.89. The van der Waals surface area contributed by atoms with Crippen molar-refractivity contribution in [2.24, 2.45) is 0 Å². The minimum Gasteiger partial charge on any atom is -0.454 e. The van der Waals surface area contributed by atoms with Crippen LogP contribution in [-0.2, 0) is 10.0 Å². The van der Waals surface area contributed by atoms with E-state index in [0.29, 0.717) is 43.4 Å². The predicted octanol–water partition coefficient (Wildman–Crippen LogP) is 3.40. The summed E-state index contributed by atoms with van der Waals surface area (Å²) in [6.45, 7) is 2.93. The molecule has 0 radical (unpaired) electrons. The van der Waals surface area contributed by atoms with Crippen molar-refractivity contribution in [2.45, 2.75) is 10.9 Å². The highest BCUT2D eigenvalue weighted by Gasteiger charge is 2.29. The normalized spacial score (nSPS) is 17.0. The molecule has 5 rings (SSSR count). The van der Waals surface area contributed by atoms with Crippen LogP contribution >= 0.6 is 0 Å². The fourth-order valence-corrected chi connectivity index (χ4v) is 5.49. The quantitative estimate of drug-likeness (QED) is 0.556. The number of hydrogen-bond acceptors (Lipinski definition) is 6. The lowest BCUT2D eigenvalue weighted by Crippen LogP contribution is -2.50. The van der Waals surface area contributed by atoms with Crippen LogP contribution < -0.4 is 19.1 Å². The Morgan fingerprint density at radius 3 is 2.35 bits per heavy atom. The molecular formula is C25H26FN3O4S. The summed E-state index contributed by atoms with van der Waals surface area (Å²) in [6.07, 6.45) is 0. The Hall–Kier alpha value is -3.14. The van der Waals surface area contributed by atoms with E-state index < -0.39 is 10.0 Å². The lowest BCUT2D eigenvalue weighted by atomic mass is 10.0. The Labute approximate surface area is 198 Å². The molecule has 178 valence electrons. The van der Waals surface area contributed by atoms with Gasteiger partial charge in [-0.1, -0.05) is 36.4 Å². The molecule has 1 N–H and O–H groups in total. The maximum Gasteiger partial charge on any atom is 0.240 e. The van der Waals surface area contributed by atoms with Crippen molar-refractivity contribution >= 4 is 15.7 Å². The molecule has 1 unspecified atom stereocenters. The topological polar surface area (TPSA) is 71.1 Å². The smallest absolute Gasteiger partial charge is 0.240 e. The number of benzene rings is 3. The Balaban J connectivity index is 1.36. The number of nitrogens with zero attached hydrogens (tertiary/aromatic N) is 2. The first-order valence-corrected chi connectivity index (χ1v) is 12.7. The van der Waals surface area contributed by atoms with Gasteiger partial charge in [-0.3, -0.25) is 4.90 Å². The van der Waals surface area contributed by atoms with Gasteiger partial charge in [-0.05, 0) is 42.0 Å². The molecule has 0 bridgehead atoms. The maximum atomic E-state index is 14.3. The molecule has 2 aliphatic rings. The molecular weight excluding hydrogens is 457 g/mol. The van der Waals surface area contributed by atoms with Crippen molar-refractivity contribution in [2.75, 3.05) is 44.4 Å². The number of ether oxygens (including phenoxy) is 2. The van der Waals surface area contributed by atoms with E-state index in [-0.39, 0.29) is 30.1 Å². The molecule has 9 heteroatoms. The molecule has 1 saturated heterocycles. The predicted molar refractivity (Wildman–Crippen MR) is 127 cm³/mol. The van der Waals surface area contributed by atoms with Gasteiger partial charge >= 0.3 is 0 Å². The summed E-state index contributed by atoms with van der Waals surface area (Å²) in [6, 6.07) is 20.6. The van der Waals surface area contributed by atoms with Gasteiger partial charge in [0.15, 0.2) is 11.5 Å². The van der Waals surface area contributed by atoms with Gasteiger partial charge in [-0.25, -0.2) is 17.5 Å². The summed E-state index contributed by atoms with van der Waals surface area (Å²) in [5.41, 5.74) is 1.52. The van der Waals surface area contributed by atoms with Crippen LogP contribution in [0, 0.1) is 5.82 Å². The van der Waals surface area contributed by atoms with Crippen LogP contribution in [0.5, 0.6) is 11.5 Å². The summed E-state index contributed by atoms with van der Waals surface area (Å²) in [4.78, 5) is 4.47. The largest absolute Gasteiger partial charge is 0.454 e. The minimum atomic E-state index is -3.67. The van der Waals surface area contributed by atoms with Gasteiger partial charge in [-0.2, -0.15) is 0 Å². The molecule has 0 spiro atoms. The number of nitrogens with one attached hydrogen (secondary N) is 1. The number of para-hydroxylation sites is 1. The summed E-state index contributed by atoms with van der Waals surface area (Å²) in [5.74, 6) is 1.09. The van der Waals surface area contributed by atoms with Gasteiger partial charge in [0, 0.05) is 38.8 Å². The zero-order chi connectivity index (χ0) is 23.5. The second-order valence-electron chi connectivity index (χ2n) is 8.27. The highest BCUT2D eigenvalue weighted by Crippen LogP contribution is 2.36. The lowest BCUT2D eigenvalue weighted by Gasteiger charge is -2.40. The molecule has 7 nitrogen and oxygen atoms in total. The number of sulfonamides is 1. The van der Waals surface area contributed by atoms with Gasteiger partial charge in [0.1, 0.15) is 5.82 Å². The van der Waals surface area contributed by atoms with Crippen molar-refractivity contribution in [1.29, 1.82) is 0 Å². The Kier molecular flexibility index (Phi) is 6.40. The van der Waals surface area contributed by atoms with Crippen molar-refractivity contribution in [3.63, 3.8) is 0 Å². The van der Waals surface area contributed by atoms with E-state index >= 15 is 0 Å². The molecule has 34 heavy (non-hydrogen) atoms. The van der Waals surface area contributed by atoms with E-state index in [0.717, 1.165) is 5.56 Å². The van der Waals surface area contributed by atoms with Crippen molar-refractivity contribution < 1.29 is 22.3 Å². The fourth-order valence-electron chi connectivity index (χ4n) is 4.43. The van der Waals surface area contributed by atoms with Gasteiger partial charge in [0.05, 0.1) is 10.6 Å². The standard InChI is InChI=1S/C25H26FN3O4S/c26-21-8-4-5-9-22(21)28-12-14-29(15-13-28)23(19-10-11-24-25(16-19)33-18-32-24)17-27-34(30,31)20-6-2-1-3-7-20/h1-11,16,23,27H,12-15,17-18H2. The molecule has 0 amide bonds. The van der Waals surface area contributed by atoms with E-state index in [1.54, 1.807) is 42.5 Å². The number of fused-ring (bicyclic) bond motifs is 1. The summed E-state index contributed by atoms with van der Waals surface area (Å²) in [7, 11) is -3.67. The third-order valence-electron chi connectivity index (χ3n) is 6.25. The third-order valence-corrected chi connectivity index (χ3v) is 7.69. The van der Waals surface area contributed by atoms with E-state index in [2.05, 4.69) is 9.62 Å². The molecule has 2 heterocycles. The fraction of sp³-hybridized carbons (Fsp3) is 0.280. The van der Waals surface area contributed by atoms with Crippen molar-refractivity contribution in [3.05, 3.63) is 84.2 Å². The van der Waals surface area contributed by atoms with Crippen molar-refractivity contribution in [1.82, 2.24) is 9.62 Å². The molecule has 0 saturated carbocycles. The molecule has 1 fully saturated rings. The summed E-state index contributed by atoms with van der Waals surface area (Å²) in [5, 5.41) is 0. The number of anilines is 1. The molecule has 0 aromatic heterocycles. The summed E-state index contributed by atoms with van der Waals surface area (Å²) < 4.78 is 53.8. The second-order valence-corrected chi connectivity index (χ2v) is 10.0. The van der Waals surface area contributed by atoms with Crippen LogP contribution in [0.4, 0.5) is 10.1 Å². The number of rotatable bonds is 7. The molecule has 0 aliphatic carbocycles. The van der Waals surface area contributed by atoms with Crippen LogP contribution in [0.3, 0.4) is 0 Å². The lowest BCUT2D eigenvalue weighted by molar-refractivity contribution is 0.173. The van der Waals surface area contributed by atoms with E-state index in [1.807, 2.05) is 29.2 Å². The minimum absolute atomic E-state index is 0.172. The monoisotopic (exact) mass is 483 g/mol. The Morgan fingerprint density at radius 1 is 0.882 bits per heavy atom. The average Bonchev–Trinajstić information content (AvgIpc) is 3.34. The number of halogens is 1. The SMILES string of the molecule is O=S(=O)(NCC(c1ccc2c(c1)OCO2)N1CCN(c2ccccc2F)CC1)c1ccccc1. The van der Waals surface area contributed by atoms with Crippen molar-refractivity contribution in [3.8, 4) is 11.5 Å². The molecule has 1 atom stereocenters. The summed E-state index contributed by atoms with van der Waals surface area (Å²) >= 11 is 0. The van der Waals surface area contributed by atoms with Crippen LogP contribution in [0.1, 0.15) is 11.6 Å². The number of hydrogen-bond donors (Lipinski definition) is 1. The average molecular weight is 484 g/mol. The van der Waals surface area contributed by atoms with Gasteiger partial charge in [-0.15, -0.1) is 0 Å². The van der Waals surface area contributed by atoms with Crippen LogP contribution in [-0.4, -0.2) is 52.8 Å². The van der Waals surface area contributed by atoms with Gasteiger partial charge in [0.25, 0.3) is 0 Å². The Bertz CT molecular complexity index is 1250. The molecule has 2 aliphatic heterocycles. The second kappa shape index (κ2) is 9.61. The van der Waals surface area contributed by atoms with E-state index in [9.17, 15) is 12.8 Å². The number of piperazine rings is 1. The molecule has 3 aromatic carbocycles. The highest BCUT2D eigenvalue weighted by atomic mass is 32.2. The van der Waals surface area contributed by atoms with Crippen LogP contribution in [0.25, 0.3) is 0 Å². The maximum absolute atomic E-state index is 14.3. The first-order valence-electron chi connectivity index (χ1n) is 11.2. The Morgan fingerprint density at radius 2 is 1.59 bits per heavy atom. The van der Waals surface area contributed by atoms with Crippen LogP contribution in [0.2, 0.25) is 0 Å². The van der Waals surface area contributed by atoms with Gasteiger partial charge < -0.3 is 14.4 Å². The van der Waals surface area contributed by atoms with Crippen LogP contribution in [0.15, 0.2) is 77.7 Å².